The molecule has 0 spiro atoms. The molecule has 0 aliphatic carbocycles. The van der Waals surface area contributed by atoms with Gasteiger partial charge in [0.05, 0.1) is 0 Å². The molecule has 0 amide bonds. The number of pyridine rings is 1. The van der Waals surface area contributed by atoms with Crippen LogP contribution in [-0.4, -0.2) is 18.1 Å². The third kappa shape index (κ3) is 4.30. The number of hydrogen-bond acceptors (Lipinski definition) is 2. The van der Waals surface area contributed by atoms with Crippen molar-refractivity contribution in [2.75, 3.05) is 13.1 Å². The van der Waals surface area contributed by atoms with E-state index in [0.717, 1.165) is 29.0 Å². The number of halogens is 2. The largest absolute Gasteiger partial charge is 0.316 e. The van der Waals surface area contributed by atoms with Crippen molar-refractivity contribution in [3.8, 4) is 0 Å². The fourth-order valence-electron chi connectivity index (χ4n) is 2.27. The number of hydrogen-bond donors (Lipinski definition) is 1. The maximum Gasteiger partial charge on any atom is 0.0441 e. The summed E-state index contributed by atoms with van der Waals surface area (Å²) in [6.45, 7) is 3.98. The van der Waals surface area contributed by atoms with E-state index < -0.39 is 0 Å². The van der Waals surface area contributed by atoms with Gasteiger partial charge in [-0.2, -0.15) is 0 Å². The van der Waals surface area contributed by atoms with E-state index in [1.54, 1.807) is 6.20 Å². The summed E-state index contributed by atoms with van der Waals surface area (Å²) in [4.78, 5) is 4.23. The minimum atomic E-state index is 0.347. The van der Waals surface area contributed by atoms with Crippen LogP contribution in [0.5, 0.6) is 0 Å². The first-order valence-electron chi connectivity index (χ1n) is 6.75. The monoisotopic (exact) mass is 352 g/mol. The van der Waals surface area contributed by atoms with E-state index in [1.807, 2.05) is 24.4 Å². The van der Waals surface area contributed by atoms with E-state index in [4.69, 9.17) is 11.6 Å². The second-order valence-corrected chi connectivity index (χ2v) is 6.06. The lowest BCUT2D eigenvalue weighted by Crippen LogP contribution is -2.23. The number of aromatic nitrogens is 1. The molecule has 1 N–H and O–H groups in total. The van der Waals surface area contributed by atoms with Crippen LogP contribution < -0.4 is 5.32 Å². The van der Waals surface area contributed by atoms with Crippen LogP contribution in [0.3, 0.4) is 0 Å². The van der Waals surface area contributed by atoms with Gasteiger partial charge >= 0.3 is 0 Å². The van der Waals surface area contributed by atoms with Gasteiger partial charge in [-0.25, -0.2) is 0 Å². The summed E-state index contributed by atoms with van der Waals surface area (Å²) >= 11 is 9.81. The second kappa shape index (κ2) is 7.77. The van der Waals surface area contributed by atoms with Crippen LogP contribution in [0, 0.1) is 0 Å². The van der Waals surface area contributed by atoms with Crippen molar-refractivity contribution in [1.82, 2.24) is 10.3 Å². The van der Waals surface area contributed by atoms with Crippen molar-refractivity contribution in [3.05, 3.63) is 63.3 Å². The highest BCUT2D eigenvalue weighted by Gasteiger charge is 2.15. The zero-order chi connectivity index (χ0) is 14.4. The number of nitrogens with zero attached hydrogens (tertiary/aromatic N) is 1. The first-order valence-corrected chi connectivity index (χ1v) is 7.92. The molecule has 4 heteroatoms. The Balaban J connectivity index is 2.22. The Labute approximate surface area is 133 Å². The molecule has 1 aromatic heterocycles. The number of benzene rings is 1. The summed E-state index contributed by atoms with van der Waals surface area (Å²) in [7, 11) is 0. The van der Waals surface area contributed by atoms with Crippen LogP contribution in [0.1, 0.15) is 24.0 Å². The molecular weight excluding hydrogens is 336 g/mol. The van der Waals surface area contributed by atoms with Gasteiger partial charge in [0.25, 0.3) is 0 Å². The molecule has 1 heterocycles. The number of rotatable bonds is 6. The topological polar surface area (TPSA) is 24.9 Å². The van der Waals surface area contributed by atoms with E-state index in [0.29, 0.717) is 5.92 Å². The summed E-state index contributed by atoms with van der Waals surface area (Å²) < 4.78 is 1.01. The summed E-state index contributed by atoms with van der Waals surface area (Å²) in [6.07, 6.45) is 4.64. The molecule has 0 saturated heterocycles. The molecule has 2 aromatic rings. The van der Waals surface area contributed by atoms with Gasteiger partial charge in [0.15, 0.2) is 0 Å². The Hall–Kier alpha value is -0.900. The minimum absolute atomic E-state index is 0.347. The third-order valence-corrected chi connectivity index (χ3v) is 4.01. The number of nitrogens with one attached hydrogen (secondary N) is 1. The molecule has 0 bridgehead atoms. The van der Waals surface area contributed by atoms with Crippen molar-refractivity contribution in [1.29, 1.82) is 0 Å². The van der Waals surface area contributed by atoms with Crippen LogP contribution in [0.2, 0.25) is 5.02 Å². The Morgan fingerprint density at radius 1 is 1.30 bits per heavy atom. The maximum absolute atomic E-state index is 6.34. The van der Waals surface area contributed by atoms with Gasteiger partial charge in [0.1, 0.15) is 0 Å². The Kier molecular flexibility index (Phi) is 6.02. The predicted octanol–water partition coefficient (Wildman–Crippen LogP) is 4.43. The van der Waals surface area contributed by atoms with Gasteiger partial charge in [0, 0.05) is 34.4 Å². The first kappa shape index (κ1) is 15.5. The SMILES string of the molecule is CCNCC(Cc1cncc(Br)c1)c1ccccc1Cl. The van der Waals surface area contributed by atoms with Crippen LogP contribution >= 0.6 is 27.5 Å². The fourth-order valence-corrected chi connectivity index (χ4v) is 2.97. The molecule has 2 nitrogen and oxygen atoms in total. The van der Waals surface area contributed by atoms with Crippen LogP contribution in [0.15, 0.2) is 47.2 Å². The van der Waals surface area contributed by atoms with Crippen LogP contribution in [0.25, 0.3) is 0 Å². The maximum atomic E-state index is 6.34. The molecule has 1 aromatic carbocycles. The predicted molar refractivity (Wildman–Crippen MR) is 88.4 cm³/mol. The van der Waals surface area contributed by atoms with Gasteiger partial charge in [0.2, 0.25) is 0 Å². The van der Waals surface area contributed by atoms with Gasteiger partial charge in [-0.3, -0.25) is 4.98 Å². The normalized spacial score (nSPS) is 12.3. The van der Waals surface area contributed by atoms with E-state index >= 15 is 0 Å². The Morgan fingerprint density at radius 3 is 2.80 bits per heavy atom. The fraction of sp³-hybridized carbons (Fsp3) is 0.312. The second-order valence-electron chi connectivity index (χ2n) is 4.74. The third-order valence-electron chi connectivity index (χ3n) is 3.23. The van der Waals surface area contributed by atoms with Gasteiger partial charge < -0.3 is 5.32 Å². The lowest BCUT2D eigenvalue weighted by Gasteiger charge is -2.19. The standard InChI is InChI=1S/C16H18BrClN2/c1-2-19-10-13(15-5-3-4-6-16(15)18)7-12-8-14(17)11-20-9-12/h3-6,8-9,11,13,19H,2,7,10H2,1H3. The molecule has 0 aliphatic heterocycles. The highest BCUT2D eigenvalue weighted by Crippen LogP contribution is 2.27. The number of likely N-dealkylation sites (N-methyl/N-ethyl adjacent to an activating group) is 1. The molecular formula is C16H18BrClN2. The average molecular weight is 354 g/mol. The van der Waals surface area contributed by atoms with Crippen molar-refractivity contribution < 1.29 is 0 Å². The highest BCUT2D eigenvalue weighted by atomic mass is 79.9. The lowest BCUT2D eigenvalue weighted by molar-refractivity contribution is 0.594. The van der Waals surface area contributed by atoms with Gasteiger partial charge in [-0.05, 0) is 52.2 Å². The van der Waals surface area contributed by atoms with Crippen molar-refractivity contribution in [2.45, 2.75) is 19.3 Å². The van der Waals surface area contributed by atoms with Crippen LogP contribution in [0.4, 0.5) is 0 Å². The molecule has 2 rings (SSSR count). The summed E-state index contributed by atoms with van der Waals surface area (Å²) in [5, 5.41) is 4.25. The molecule has 0 radical (unpaired) electrons. The van der Waals surface area contributed by atoms with Crippen molar-refractivity contribution in [3.63, 3.8) is 0 Å². The van der Waals surface area contributed by atoms with Gasteiger partial charge in [-0.1, -0.05) is 36.7 Å². The quantitative estimate of drug-likeness (QED) is 0.831. The van der Waals surface area contributed by atoms with Crippen LogP contribution in [-0.2, 0) is 6.42 Å². The summed E-state index contributed by atoms with van der Waals surface area (Å²) in [5.41, 5.74) is 2.40. The zero-order valence-electron chi connectivity index (χ0n) is 11.4. The summed E-state index contributed by atoms with van der Waals surface area (Å²) in [6, 6.07) is 10.2. The molecule has 0 saturated carbocycles. The van der Waals surface area contributed by atoms with E-state index in [-0.39, 0.29) is 0 Å². The van der Waals surface area contributed by atoms with Gasteiger partial charge in [-0.15, -0.1) is 0 Å². The molecule has 106 valence electrons. The van der Waals surface area contributed by atoms with Crippen molar-refractivity contribution >= 4 is 27.5 Å². The van der Waals surface area contributed by atoms with E-state index in [1.165, 1.54) is 11.1 Å². The Morgan fingerprint density at radius 2 is 2.10 bits per heavy atom. The molecule has 1 atom stereocenters. The minimum Gasteiger partial charge on any atom is -0.316 e. The molecule has 20 heavy (non-hydrogen) atoms. The lowest BCUT2D eigenvalue weighted by atomic mass is 9.92. The molecule has 0 aliphatic rings. The van der Waals surface area contributed by atoms with E-state index in [2.05, 4.69) is 45.3 Å². The zero-order valence-corrected chi connectivity index (χ0v) is 13.8. The highest BCUT2D eigenvalue weighted by molar-refractivity contribution is 9.10. The Bertz CT molecular complexity index is 560. The van der Waals surface area contributed by atoms with E-state index in [9.17, 15) is 0 Å². The summed E-state index contributed by atoms with van der Waals surface area (Å²) in [5.74, 6) is 0.347. The molecule has 1 unspecified atom stereocenters. The molecule has 0 fully saturated rings. The smallest absolute Gasteiger partial charge is 0.0441 e. The first-order chi connectivity index (χ1) is 9.70. The average Bonchev–Trinajstić information content (AvgIpc) is 2.44. The van der Waals surface area contributed by atoms with Crippen molar-refractivity contribution in [2.24, 2.45) is 0 Å².